The first-order valence-electron chi connectivity index (χ1n) is 5.04. The maximum absolute atomic E-state index is 10.8. The number of carboxylic acids is 1. The Kier molecular flexibility index (Phi) is 3.88. The van der Waals surface area contributed by atoms with Crippen LogP contribution in [0.25, 0.3) is 0 Å². The smallest absolute Gasteiger partial charge is 0.345 e. The number of aliphatic hydroxyl groups excluding tert-OH is 1. The molecule has 3 nitrogen and oxygen atoms in total. The quantitative estimate of drug-likeness (QED) is 0.814. The van der Waals surface area contributed by atoms with E-state index in [4.69, 9.17) is 5.11 Å². The van der Waals surface area contributed by atoms with E-state index in [0.29, 0.717) is 4.88 Å². The van der Waals surface area contributed by atoms with Crippen molar-refractivity contribution in [2.75, 3.05) is 6.61 Å². The van der Waals surface area contributed by atoms with E-state index in [0.717, 1.165) is 17.7 Å². The highest BCUT2D eigenvalue weighted by molar-refractivity contribution is 7.14. The van der Waals surface area contributed by atoms with E-state index in [-0.39, 0.29) is 12.0 Å². The van der Waals surface area contributed by atoms with Crippen molar-refractivity contribution >= 4 is 17.3 Å². The van der Waals surface area contributed by atoms with E-state index in [1.165, 1.54) is 11.3 Å². The molecule has 0 unspecified atom stereocenters. The SMILES string of the molecule is CCC(CC)(CO)c1ccc(C(=O)O)s1. The summed E-state index contributed by atoms with van der Waals surface area (Å²) in [7, 11) is 0. The number of carbonyl (C=O) groups is 1. The molecule has 84 valence electrons. The zero-order valence-electron chi connectivity index (χ0n) is 8.99. The van der Waals surface area contributed by atoms with Gasteiger partial charge in [-0.25, -0.2) is 4.79 Å². The molecular formula is C11H16O3S. The number of carboxylic acid groups (broad SMARTS) is 1. The van der Waals surface area contributed by atoms with Gasteiger partial charge in [0.1, 0.15) is 4.88 Å². The Morgan fingerprint density at radius 1 is 1.40 bits per heavy atom. The van der Waals surface area contributed by atoms with Crippen molar-refractivity contribution in [1.29, 1.82) is 0 Å². The van der Waals surface area contributed by atoms with Gasteiger partial charge < -0.3 is 10.2 Å². The molecule has 1 rings (SSSR count). The van der Waals surface area contributed by atoms with Gasteiger partial charge in [0.25, 0.3) is 0 Å². The average Bonchev–Trinajstić information content (AvgIpc) is 2.71. The highest BCUT2D eigenvalue weighted by Crippen LogP contribution is 2.35. The molecule has 0 bridgehead atoms. The van der Waals surface area contributed by atoms with E-state index in [1.54, 1.807) is 6.07 Å². The minimum absolute atomic E-state index is 0.0690. The number of hydrogen-bond acceptors (Lipinski definition) is 3. The number of thiophene rings is 1. The maximum Gasteiger partial charge on any atom is 0.345 e. The summed E-state index contributed by atoms with van der Waals surface area (Å²) >= 11 is 1.26. The monoisotopic (exact) mass is 228 g/mol. The van der Waals surface area contributed by atoms with Crippen molar-refractivity contribution in [3.8, 4) is 0 Å². The van der Waals surface area contributed by atoms with Crippen molar-refractivity contribution in [3.63, 3.8) is 0 Å². The molecule has 0 aliphatic rings. The largest absolute Gasteiger partial charge is 0.477 e. The van der Waals surface area contributed by atoms with Gasteiger partial charge in [0.15, 0.2) is 0 Å². The highest BCUT2D eigenvalue weighted by Gasteiger charge is 2.29. The predicted octanol–water partition coefficient (Wildman–Crippen LogP) is 2.50. The number of aliphatic hydroxyl groups is 1. The van der Waals surface area contributed by atoms with Crippen LogP contribution in [-0.4, -0.2) is 22.8 Å². The van der Waals surface area contributed by atoms with Crippen molar-refractivity contribution in [1.82, 2.24) is 0 Å². The highest BCUT2D eigenvalue weighted by atomic mass is 32.1. The summed E-state index contributed by atoms with van der Waals surface area (Å²) in [5, 5.41) is 18.3. The summed E-state index contributed by atoms with van der Waals surface area (Å²) < 4.78 is 0. The van der Waals surface area contributed by atoms with E-state index >= 15 is 0 Å². The first kappa shape index (κ1) is 12.2. The van der Waals surface area contributed by atoms with Crippen LogP contribution in [0.1, 0.15) is 41.2 Å². The summed E-state index contributed by atoms with van der Waals surface area (Å²) in [5.41, 5.74) is -0.266. The Morgan fingerprint density at radius 3 is 2.33 bits per heavy atom. The Labute approximate surface area is 93.4 Å². The molecule has 0 saturated carbocycles. The van der Waals surface area contributed by atoms with Gasteiger partial charge in [-0.3, -0.25) is 0 Å². The molecule has 0 amide bonds. The fraction of sp³-hybridized carbons (Fsp3) is 0.545. The molecule has 2 N–H and O–H groups in total. The molecular weight excluding hydrogens is 212 g/mol. The Morgan fingerprint density at radius 2 is 2.00 bits per heavy atom. The fourth-order valence-corrected chi connectivity index (χ4v) is 2.80. The van der Waals surface area contributed by atoms with E-state index in [1.807, 2.05) is 19.9 Å². The lowest BCUT2D eigenvalue weighted by Crippen LogP contribution is -2.27. The zero-order chi connectivity index (χ0) is 11.5. The predicted molar refractivity (Wildman–Crippen MR) is 60.6 cm³/mol. The van der Waals surface area contributed by atoms with E-state index < -0.39 is 5.97 Å². The minimum Gasteiger partial charge on any atom is -0.477 e. The van der Waals surface area contributed by atoms with Crippen LogP contribution in [0.4, 0.5) is 0 Å². The van der Waals surface area contributed by atoms with Gasteiger partial charge >= 0.3 is 5.97 Å². The van der Waals surface area contributed by atoms with Crippen LogP contribution in [0.2, 0.25) is 0 Å². The Hall–Kier alpha value is -0.870. The van der Waals surface area contributed by atoms with Crippen molar-refractivity contribution in [2.45, 2.75) is 32.1 Å². The van der Waals surface area contributed by atoms with Gasteiger partial charge in [0, 0.05) is 10.3 Å². The number of aromatic carboxylic acids is 1. The lowest BCUT2D eigenvalue weighted by Gasteiger charge is -2.27. The van der Waals surface area contributed by atoms with Gasteiger partial charge in [-0.05, 0) is 25.0 Å². The number of rotatable bonds is 5. The molecule has 1 heterocycles. The lowest BCUT2D eigenvalue weighted by atomic mass is 9.82. The summed E-state index contributed by atoms with van der Waals surface area (Å²) in [6.45, 7) is 4.10. The van der Waals surface area contributed by atoms with Gasteiger partial charge in [-0.2, -0.15) is 0 Å². The second kappa shape index (κ2) is 4.77. The van der Waals surface area contributed by atoms with E-state index in [9.17, 15) is 9.90 Å². The van der Waals surface area contributed by atoms with Gasteiger partial charge in [-0.1, -0.05) is 13.8 Å². The molecule has 0 saturated heterocycles. The van der Waals surface area contributed by atoms with Crippen LogP contribution in [0.5, 0.6) is 0 Å². The van der Waals surface area contributed by atoms with Crippen molar-refractivity contribution in [2.24, 2.45) is 0 Å². The molecule has 0 aliphatic heterocycles. The summed E-state index contributed by atoms with van der Waals surface area (Å²) in [4.78, 5) is 12.1. The van der Waals surface area contributed by atoms with Gasteiger partial charge in [0.05, 0.1) is 6.61 Å². The molecule has 1 aromatic rings. The number of hydrogen-bond donors (Lipinski definition) is 2. The van der Waals surface area contributed by atoms with Crippen molar-refractivity contribution < 1.29 is 15.0 Å². The second-order valence-corrected chi connectivity index (χ2v) is 4.70. The molecule has 0 spiro atoms. The van der Waals surface area contributed by atoms with Crippen LogP contribution in [-0.2, 0) is 5.41 Å². The molecule has 0 aliphatic carbocycles. The third-order valence-corrected chi connectivity index (χ3v) is 4.32. The summed E-state index contributed by atoms with van der Waals surface area (Å²) in [6, 6.07) is 3.43. The second-order valence-electron chi connectivity index (χ2n) is 3.61. The Balaban J connectivity index is 3.07. The van der Waals surface area contributed by atoms with Gasteiger partial charge in [0.2, 0.25) is 0 Å². The van der Waals surface area contributed by atoms with E-state index in [2.05, 4.69) is 0 Å². The standard InChI is InChI=1S/C11H16O3S/c1-3-11(4-2,7-12)9-6-5-8(15-9)10(13)14/h5-6,12H,3-4,7H2,1-2H3,(H,13,14). The summed E-state index contributed by atoms with van der Waals surface area (Å²) in [6.07, 6.45) is 1.64. The first-order chi connectivity index (χ1) is 7.09. The van der Waals surface area contributed by atoms with Crippen LogP contribution in [0.15, 0.2) is 12.1 Å². The normalized spacial score (nSPS) is 11.7. The fourth-order valence-electron chi connectivity index (χ4n) is 1.64. The van der Waals surface area contributed by atoms with Crippen molar-refractivity contribution in [3.05, 3.63) is 21.9 Å². The molecule has 0 fully saturated rings. The maximum atomic E-state index is 10.8. The molecule has 0 aromatic carbocycles. The zero-order valence-corrected chi connectivity index (χ0v) is 9.80. The molecule has 15 heavy (non-hydrogen) atoms. The molecule has 0 atom stereocenters. The summed E-state index contributed by atoms with van der Waals surface area (Å²) in [5.74, 6) is -0.898. The molecule has 4 heteroatoms. The molecule has 0 radical (unpaired) electrons. The van der Waals surface area contributed by atoms with Crippen LogP contribution in [0.3, 0.4) is 0 Å². The first-order valence-corrected chi connectivity index (χ1v) is 5.85. The van der Waals surface area contributed by atoms with Gasteiger partial charge in [-0.15, -0.1) is 11.3 Å². The average molecular weight is 228 g/mol. The molecule has 1 aromatic heterocycles. The van der Waals surface area contributed by atoms with Crippen LogP contribution < -0.4 is 0 Å². The van der Waals surface area contributed by atoms with Crippen LogP contribution in [0, 0.1) is 0 Å². The Bertz CT molecular complexity index is 331. The third kappa shape index (κ3) is 2.21. The lowest BCUT2D eigenvalue weighted by molar-refractivity contribution is 0.0702. The minimum atomic E-state index is -0.898. The van der Waals surface area contributed by atoms with Crippen LogP contribution >= 0.6 is 11.3 Å². The topological polar surface area (TPSA) is 57.5 Å². The third-order valence-electron chi connectivity index (χ3n) is 3.00.